The lowest BCUT2D eigenvalue weighted by atomic mass is 9.77. The number of hydrogen-bond donors (Lipinski definition) is 1. The number of carboxylic acid groups (broad SMARTS) is 1. The number of carboxylic acids is 1. The predicted octanol–water partition coefficient (Wildman–Crippen LogP) is 7.17. The molecule has 2 fully saturated rings. The summed E-state index contributed by atoms with van der Waals surface area (Å²) >= 11 is 0. The molecule has 2 aliphatic carbocycles. The Balaban J connectivity index is 1.22. The molecule has 0 aliphatic heterocycles. The van der Waals surface area contributed by atoms with Crippen molar-refractivity contribution in [2.24, 2.45) is 11.8 Å². The third-order valence-corrected chi connectivity index (χ3v) is 8.71. The molecular weight excluding hydrogens is 521 g/mol. The lowest BCUT2D eigenvalue weighted by Gasteiger charge is -2.30. The van der Waals surface area contributed by atoms with Gasteiger partial charge in [0.05, 0.1) is 20.1 Å². The van der Waals surface area contributed by atoms with Gasteiger partial charge in [0.25, 0.3) is 0 Å². The van der Waals surface area contributed by atoms with Crippen LogP contribution in [0.4, 0.5) is 4.39 Å². The maximum Gasteiger partial charge on any atom is 0.341 e. The van der Waals surface area contributed by atoms with Gasteiger partial charge in [0.2, 0.25) is 5.67 Å². The van der Waals surface area contributed by atoms with Crippen molar-refractivity contribution in [1.82, 2.24) is 4.98 Å². The van der Waals surface area contributed by atoms with E-state index in [9.17, 15) is 14.7 Å². The number of ketones is 1. The average molecular weight is 560 g/mol. The van der Waals surface area contributed by atoms with Gasteiger partial charge in [0.1, 0.15) is 11.5 Å². The fraction of sp³-hybridized carbons (Fsp3) is 0.441. The van der Waals surface area contributed by atoms with Crippen molar-refractivity contribution < 1.29 is 28.6 Å². The van der Waals surface area contributed by atoms with E-state index < -0.39 is 17.6 Å². The predicted molar refractivity (Wildman–Crippen MR) is 155 cm³/mol. The van der Waals surface area contributed by atoms with Crippen LogP contribution in [0, 0.1) is 11.8 Å². The quantitative estimate of drug-likeness (QED) is 0.237. The number of benzene rings is 2. The van der Waals surface area contributed by atoms with Gasteiger partial charge in [-0.15, -0.1) is 0 Å². The monoisotopic (exact) mass is 559 g/mol. The van der Waals surface area contributed by atoms with Gasteiger partial charge in [-0.25, -0.2) is 9.18 Å². The zero-order valence-corrected chi connectivity index (χ0v) is 23.7. The van der Waals surface area contributed by atoms with Crippen molar-refractivity contribution in [2.75, 3.05) is 13.7 Å². The van der Waals surface area contributed by atoms with E-state index in [0.29, 0.717) is 23.8 Å². The normalized spacial score (nSPS) is 21.0. The number of Topliss-reactive ketones (excluding diaryl/α,β-unsaturated/α-hetero) is 1. The van der Waals surface area contributed by atoms with Crippen molar-refractivity contribution in [3.8, 4) is 11.5 Å². The molecular formula is C34H38FNO5. The van der Waals surface area contributed by atoms with Crippen molar-refractivity contribution in [3.05, 3.63) is 89.2 Å². The Morgan fingerprint density at radius 3 is 2.44 bits per heavy atom. The highest BCUT2D eigenvalue weighted by molar-refractivity contribution is 5.99. The third-order valence-electron chi connectivity index (χ3n) is 8.71. The highest BCUT2D eigenvalue weighted by atomic mass is 19.1. The first kappa shape index (κ1) is 28.8. The van der Waals surface area contributed by atoms with Gasteiger partial charge in [-0.1, -0.05) is 18.2 Å². The Morgan fingerprint density at radius 2 is 1.78 bits per heavy atom. The third kappa shape index (κ3) is 6.77. The maximum absolute atomic E-state index is 15.2. The lowest BCUT2D eigenvalue weighted by molar-refractivity contribution is -0.151. The summed E-state index contributed by atoms with van der Waals surface area (Å²) in [5, 5.41) is 9.50. The van der Waals surface area contributed by atoms with Crippen LogP contribution >= 0.6 is 0 Å². The summed E-state index contributed by atoms with van der Waals surface area (Å²) < 4.78 is 26.9. The molecule has 2 aromatic carbocycles. The summed E-state index contributed by atoms with van der Waals surface area (Å²) in [4.78, 5) is 29.2. The minimum absolute atomic E-state index is 0.0453. The Bertz CT molecular complexity index is 1360. The summed E-state index contributed by atoms with van der Waals surface area (Å²) in [5.74, 6) is 0.00456. The number of aromatic nitrogens is 1. The Labute approximate surface area is 240 Å². The van der Waals surface area contributed by atoms with Gasteiger partial charge in [0, 0.05) is 23.4 Å². The summed E-state index contributed by atoms with van der Waals surface area (Å²) in [6.07, 6.45) is 7.45. The summed E-state index contributed by atoms with van der Waals surface area (Å²) in [7, 11) is 1.64. The van der Waals surface area contributed by atoms with E-state index in [0.717, 1.165) is 61.1 Å². The highest BCUT2D eigenvalue weighted by Crippen LogP contribution is 2.50. The number of methoxy groups -OCH3 is 1. The van der Waals surface area contributed by atoms with Crippen molar-refractivity contribution in [1.29, 1.82) is 0 Å². The molecule has 2 saturated carbocycles. The number of pyridine rings is 1. The van der Waals surface area contributed by atoms with Crippen LogP contribution in [-0.4, -0.2) is 41.2 Å². The van der Waals surface area contributed by atoms with Crippen LogP contribution in [0.1, 0.15) is 84.5 Å². The van der Waals surface area contributed by atoms with E-state index in [-0.39, 0.29) is 24.0 Å². The molecule has 0 spiro atoms. The lowest BCUT2D eigenvalue weighted by Crippen LogP contribution is -2.38. The molecule has 3 aromatic rings. The van der Waals surface area contributed by atoms with Gasteiger partial charge >= 0.3 is 5.97 Å². The summed E-state index contributed by atoms with van der Waals surface area (Å²) in [5.41, 5.74) is 0.889. The second-order valence-corrected chi connectivity index (χ2v) is 11.7. The Kier molecular flexibility index (Phi) is 8.71. The van der Waals surface area contributed by atoms with Crippen molar-refractivity contribution >= 4 is 11.8 Å². The van der Waals surface area contributed by atoms with Crippen LogP contribution in [0.25, 0.3) is 0 Å². The first-order chi connectivity index (χ1) is 19.8. The van der Waals surface area contributed by atoms with Crippen LogP contribution < -0.4 is 9.47 Å². The molecule has 2 aliphatic rings. The second-order valence-electron chi connectivity index (χ2n) is 11.7. The molecule has 0 radical (unpaired) electrons. The van der Waals surface area contributed by atoms with Gasteiger partial charge in [0.15, 0.2) is 5.78 Å². The number of rotatable bonds is 12. The van der Waals surface area contributed by atoms with Gasteiger partial charge in [-0.3, -0.25) is 9.78 Å². The molecule has 5 rings (SSSR count). The molecule has 1 N–H and O–H groups in total. The molecule has 216 valence electrons. The van der Waals surface area contributed by atoms with Gasteiger partial charge in [-0.05, 0) is 117 Å². The Morgan fingerprint density at radius 1 is 1.00 bits per heavy atom. The molecule has 41 heavy (non-hydrogen) atoms. The number of carbonyl (C=O) groups is 2. The van der Waals surface area contributed by atoms with Crippen molar-refractivity contribution in [3.63, 3.8) is 0 Å². The van der Waals surface area contributed by atoms with Crippen LogP contribution in [-0.2, 0) is 11.2 Å². The highest BCUT2D eigenvalue weighted by Gasteiger charge is 2.50. The molecule has 1 aromatic heterocycles. The largest absolute Gasteiger partial charge is 0.497 e. The van der Waals surface area contributed by atoms with Gasteiger partial charge in [-0.2, -0.15) is 0 Å². The van der Waals surface area contributed by atoms with E-state index in [2.05, 4.69) is 4.98 Å². The van der Waals surface area contributed by atoms with Crippen molar-refractivity contribution in [2.45, 2.75) is 69.4 Å². The topological polar surface area (TPSA) is 85.7 Å². The van der Waals surface area contributed by atoms with E-state index in [1.807, 2.05) is 60.7 Å². The molecule has 1 unspecified atom stereocenters. The Hall–Kier alpha value is -3.74. The number of halogens is 1. The van der Waals surface area contributed by atoms with Crippen LogP contribution in [0.15, 0.2) is 66.9 Å². The molecule has 1 heterocycles. The zero-order valence-electron chi connectivity index (χ0n) is 23.7. The fourth-order valence-electron chi connectivity index (χ4n) is 6.26. The number of nitrogens with zero attached hydrogens (tertiary/aromatic N) is 1. The van der Waals surface area contributed by atoms with Crippen LogP contribution in [0.2, 0.25) is 0 Å². The van der Waals surface area contributed by atoms with Gasteiger partial charge < -0.3 is 14.6 Å². The molecule has 6 nitrogen and oxygen atoms in total. The molecule has 0 saturated heterocycles. The number of ether oxygens (including phenoxy) is 2. The standard InChI is InChI=1S/C34H38FNO5/c1-34(35,33(38)39)32(24-13-14-24)25-6-5-8-28(18-25)41-21-22-9-11-23(12-10-22)30-20-27(40-2)15-16-29(30)31(37)19-26-7-3-4-17-36-26/h3-8,15-18,20,22-24,32H,9-14,19,21H2,1-2H3,(H,38,39)/t22?,23?,32-,34?/m0/s1. The number of aliphatic carboxylic acids is 1. The maximum atomic E-state index is 15.2. The smallest absolute Gasteiger partial charge is 0.341 e. The SMILES string of the molecule is COc1ccc(C(=O)Cc2ccccn2)c(C2CCC(COc3cccc([C@H](C4CC4)C(C)(F)C(=O)O)c3)CC2)c1. The van der Waals surface area contributed by atoms with E-state index in [1.165, 1.54) is 6.92 Å². The summed E-state index contributed by atoms with van der Waals surface area (Å²) in [6, 6.07) is 18.6. The second kappa shape index (κ2) is 12.4. The molecule has 7 heteroatoms. The van der Waals surface area contributed by atoms with Crippen LogP contribution in [0.3, 0.4) is 0 Å². The summed E-state index contributed by atoms with van der Waals surface area (Å²) in [6.45, 7) is 1.71. The minimum atomic E-state index is -2.32. The molecule has 2 atom stereocenters. The average Bonchev–Trinajstić information content (AvgIpc) is 3.81. The molecule has 0 bridgehead atoms. The van der Waals surface area contributed by atoms with E-state index >= 15 is 4.39 Å². The number of carbonyl (C=O) groups excluding carboxylic acids is 1. The fourth-order valence-corrected chi connectivity index (χ4v) is 6.26. The first-order valence-corrected chi connectivity index (χ1v) is 14.5. The first-order valence-electron chi connectivity index (χ1n) is 14.5. The zero-order chi connectivity index (χ0) is 29.0. The van der Waals surface area contributed by atoms with E-state index in [1.54, 1.807) is 13.3 Å². The number of alkyl halides is 1. The minimum Gasteiger partial charge on any atom is -0.497 e. The van der Waals surface area contributed by atoms with Crippen LogP contribution in [0.5, 0.6) is 11.5 Å². The van der Waals surface area contributed by atoms with E-state index in [4.69, 9.17) is 9.47 Å². The molecule has 0 amide bonds. The number of hydrogen-bond acceptors (Lipinski definition) is 5.